The van der Waals surface area contributed by atoms with Gasteiger partial charge in [-0.25, -0.2) is 4.79 Å². The van der Waals surface area contributed by atoms with Crippen LogP contribution in [0.5, 0.6) is 0 Å². The molecule has 0 bridgehead atoms. The molecule has 0 aliphatic carbocycles. The zero-order valence-electron chi connectivity index (χ0n) is 11.2. The van der Waals surface area contributed by atoms with Crippen molar-refractivity contribution in [2.24, 2.45) is 0 Å². The number of esters is 1. The summed E-state index contributed by atoms with van der Waals surface area (Å²) in [5.41, 5.74) is 7.17. The molecule has 6 heteroatoms. The van der Waals surface area contributed by atoms with E-state index < -0.39 is 5.97 Å². The number of carbonyl (C=O) groups is 2. The fourth-order valence-corrected chi connectivity index (χ4v) is 1.95. The van der Waals surface area contributed by atoms with E-state index in [2.05, 4.69) is 10.1 Å². The van der Waals surface area contributed by atoms with Crippen LogP contribution in [-0.4, -0.2) is 19.0 Å². The summed E-state index contributed by atoms with van der Waals surface area (Å²) < 4.78 is 4.62. The Morgan fingerprint density at radius 3 is 2.62 bits per heavy atom. The largest absolute Gasteiger partial charge is 0.465 e. The second kappa shape index (κ2) is 6.28. The predicted molar refractivity (Wildman–Crippen MR) is 81.6 cm³/mol. The molecule has 2 aromatic rings. The van der Waals surface area contributed by atoms with E-state index in [1.807, 2.05) is 0 Å². The lowest BCUT2D eigenvalue weighted by Gasteiger charge is -2.08. The number of hydrogen-bond acceptors (Lipinski definition) is 4. The molecule has 2 rings (SSSR count). The zero-order valence-corrected chi connectivity index (χ0v) is 12.0. The van der Waals surface area contributed by atoms with Crippen LogP contribution in [0.1, 0.15) is 20.7 Å². The smallest absolute Gasteiger partial charge is 0.339 e. The van der Waals surface area contributed by atoms with E-state index in [0.29, 0.717) is 16.9 Å². The van der Waals surface area contributed by atoms with Crippen LogP contribution in [0.25, 0.3) is 0 Å². The molecule has 0 radical (unpaired) electrons. The average molecular weight is 305 g/mol. The molecule has 0 unspecified atom stereocenters. The van der Waals surface area contributed by atoms with Crippen molar-refractivity contribution in [1.82, 2.24) is 0 Å². The molecule has 0 fully saturated rings. The number of nitrogens with one attached hydrogen (secondary N) is 1. The van der Waals surface area contributed by atoms with Gasteiger partial charge in [-0.2, -0.15) is 0 Å². The molecule has 0 aromatic heterocycles. The van der Waals surface area contributed by atoms with Crippen LogP contribution in [0.3, 0.4) is 0 Å². The Morgan fingerprint density at radius 1 is 1.19 bits per heavy atom. The number of hydrogen-bond donors (Lipinski definition) is 2. The number of ether oxygens (including phenoxy) is 1. The van der Waals surface area contributed by atoms with Crippen molar-refractivity contribution in [3.8, 4) is 0 Å². The molecular formula is C15H13ClN2O3. The number of nitrogens with two attached hydrogens (primary N) is 1. The summed E-state index contributed by atoms with van der Waals surface area (Å²) >= 11 is 5.91. The number of benzene rings is 2. The van der Waals surface area contributed by atoms with E-state index in [0.717, 1.165) is 0 Å². The molecule has 0 saturated carbocycles. The van der Waals surface area contributed by atoms with Crippen molar-refractivity contribution in [3.05, 3.63) is 58.6 Å². The average Bonchev–Trinajstić information content (AvgIpc) is 2.48. The standard InChI is InChI=1S/C15H13ClN2O3/c1-21-15(20)12-8-11(5-6-13(12)16)18-14(19)9-3-2-4-10(17)7-9/h2-8H,17H2,1H3,(H,18,19). The summed E-state index contributed by atoms with van der Waals surface area (Å²) in [6, 6.07) is 11.1. The first-order valence-corrected chi connectivity index (χ1v) is 6.44. The number of carbonyl (C=O) groups excluding carboxylic acids is 2. The minimum absolute atomic E-state index is 0.185. The molecule has 21 heavy (non-hydrogen) atoms. The lowest BCUT2D eigenvalue weighted by molar-refractivity contribution is 0.0600. The number of anilines is 2. The Hall–Kier alpha value is -2.53. The molecule has 0 spiro atoms. The summed E-state index contributed by atoms with van der Waals surface area (Å²) in [6.07, 6.45) is 0. The summed E-state index contributed by atoms with van der Waals surface area (Å²) in [7, 11) is 1.26. The summed E-state index contributed by atoms with van der Waals surface area (Å²) in [4.78, 5) is 23.6. The Labute approximate surface area is 126 Å². The minimum atomic E-state index is -0.569. The van der Waals surface area contributed by atoms with Crippen molar-refractivity contribution in [2.75, 3.05) is 18.2 Å². The third-order valence-corrected chi connectivity index (χ3v) is 3.11. The first-order chi connectivity index (χ1) is 10.0. The molecule has 0 saturated heterocycles. The number of nitrogen functional groups attached to an aromatic ring is 1. The van der Waals surface area contributed by atoms with Gasteiger partial charge in [0.05, 0.1) is 17.7 Å². The predicted octanol–water partition coefficient (Wildman–Crippen LogP) is 2.96. The molecule has 0 heterocycles. The third kappa shape index (κ3) is 3.52. The van der Waals surface area contributed by atoms with E-state index in [1.165, 1.54) is 19.2 Å². The second-order valence-corrected chi connectivity index (χ2v) is 4.67. The van der Waals surface area contributed by atoms with Gasteiger partial charge in [-0.1, -0.05) is 17.7 Å². The van der Waals surface area contributed by atoms with E-state index in [9.17, 15) is 9.59 Å². The molecule has 5 nitrogen and oxygen atoms in total. The summed E-state index contributed by atoms with van der Waals surface area (Å²) in [5, 5.41) is 2.92. The lowest BCUT2D eigenvalue weighted by atomic mass is 10.1. The highest BCUT2D eigenvalue weighted by Gasteiger charge is 2.13. The van der Waals surface area contributed by atoms with E-state index >= 15 is 0 Å². The zero-order chi connectivity index (χ0) is 15.4. The topological polar surface area (TPSA) is 81.4 Å². The first-order valence-electron chi connectivity index (χ1n) is 6.06. The van der Waals surface area contributed by atoms with Gasteiger partial charge in [0, 0.05) is 16.9 Å². The van der Waals surface area contributed by atoms with E-state index in [1.54, 1.807) is 30.3 Å². The quantitative estimate of drug-likeness (QED) is 0.674. The maximum Gasteiger partial charge on any atom is 0.339 e. The molecule has 0 aliphatic rings. The van der Waals surface area contributed by atoms with Crippen LogP contribution in [-0.2, 0) is 4.74 Å². The lowest BCUT2D eigenvalue weighted by Crippen LogP contribution is -2.13. The van der Waals surface area contributed by atoms with Crippen LogP contribution in [0.15, 0.2) is 42.5 Å². The Balaban J connectivity index is 2.24. The fraction of sp³-hybridized carbons (Fsp3) is 0.0667. The van der Waals surface area contributed by atoms with Crippen molar-refractivity contribution in [1.29, 1.82) is 0 Å². The highest BCUT2D eigenvalue weighted by molar-refractivity contribution is 6.33. The number of rotatable bonds is 3. The van der Waals surface area contributed by atoms with Crippen LogP contribution in [0.2, 0.25) is 5.02 Å². The van der Waals surface area contributed by atoms with Crippen molar-refractivity contribution < 1.29 is 14.3 Å². The van der Waals surface area contributed by atoms with Crippen LogP contribution in [0, 0.1) is 0 Å². The maximum absolute atomic E-state index is 12.1. The normalized spacial score (nSPS) is 10.0. The molecule has 0 atom stereocenters. The Kier molecular flexibility index (Phi) is 4.45. The first kappa shape index (κ1) is 14.9. The third-order valence-electron chi connectivity index (χ3n) is 2.78. The van der Waals surface area contributed by atoms with E-state index in [4.69, 9.17) is 17.3 Å². The SMILES string of the molecule is COC(=O)c1cc(NC(=O)c2cccc(N)c2)ccc1Cl. The minimum Gasteiger partial charge on any atom is -0.465 e. The van der Waals surface area contributed by atoms with Gasteiger partial charge in [-0.15, -0.1) is 0 Å². The van der Waals surface area contributed by atoms with Gasteiger partial charge in [0.1, 0.15) is 0 Å². The molecular weight excluding hydrogens is 292 g/mol. The van der Waals surface area contributed by atoms with Gasteiger partial charge < -0.3 is 15.8 Å². The number of methoxy groups -OCH3 is 1. The highest BCUT2D eigenvalue weighted by atomic mass is 35.5. The van der Waals surface area contributed by atoms with Crippen molar-refractivity contribution in [3.63, 3.8) is 0 Å². The van der Waals surface area contributed by atoms with Gasteiger partial charge in [0.2, 0.25) is 0 Å². The van der Waals surface area contributed by atoms with Gasteiger partial charge in [0.15, 0.2) is 0 Å². The fourth-order valence-electron chi connectivity index (χ4n) is 1.75. The number of halogens is 1. The monoisotopic (exact) mass is 304 g/mol. The van der Waals surface area contributed by atoms with Crippen LogP contribution in [0.4, 0.5) is 11.4 Å². The van der Waals surface area contributed by atoms with Gasteiger partial charge in [0.25, 0.3) is 5.91 Å². The Bertz CT molecular complexity index is 701. The highest BCUT2D eigenvalue weighted by Crippen LogP contribution is 2.22. The van der Waals surface area contributed by atoms with Crippen LogP contribution >= 0.6 is 11.6 Å². The van der Waals surface area contributed by atoms with Crippen molar-refractivity contribution in [2.45, 2.75) is 0 Å². The molecule has 3 N–H and O–H groups in total. The van der Waals surface area contributed by atoms with Gasteiger partial charge in [-0.3, -0.25) is 4.79 Å². The van der Waals surface area contributed by atoms with E-state index in [-0.39, 0.29) is 16.5 Å². The maximum atomic E-state index is 12.1. The van der Waals surface area contributed by atoms with Crippen LogP contribution < -0.4 is 11.1 Å². The molecule has 108 valence electrons. The summed E-state index contributed by atoms with van der Waals surface area (Å²) in [5.74, 6) is -0.902. The Morgan fingerprint density at radius 2 is 1.95 bits per heavy atom. The molecule has 0 aliphatic heterocycles. The molecule has 1 amide bonds. The molecule has 2 aromatic carbocycles. The van der Waals surface area contributed by atoms with Crippen molar-refractivity contribution >= 4 is 34.9 Å². The van der Waals surface area contributed by atoms with Gasteiger partial charge in [-0.05, 0) is 36.4 Å². The second-order valence-electron chi connectivity index (χ2n) is 4.27. The number of amides is 1. The van der Waals surface area contributed by atoms with Gasteiger partial charge >= 0.3 is 5.97 Å². The summed E-state index contributed by atoms with van der Waals surface area (Å²) in [6.45, 7) is 0.